The van der Waals surface area contributed by atoms with E-state index in [-0.39, 0.29) is 12.5 Å². The average Bonchev–Trinajstić information content (AvgIpc) is 2.52. The lowest BCUT2D eigenvalue weighted by Gasteiger charge is -2.09. The van der Waals surface area contributed by atoms with Crippen molar-refractivity contribution in [2.24, 2.45) is 0 Å². The number of carbonyl (C=O) groups is 1. The highest BCUT2D eigenvalue weighted by Gasteiger charge is 2.04. The Morgan fingerprint density at radius 3 is 2.27 bits per heavy atom. The zero-order valence-corrected chi connectivity index (χ0v) is 13.4. The molecule has 0 aliphatic heterocycles. The minimum atomic E-state index is -0.117. The van der Waals surface area contributed by atoms with E-state index in [0.717, 1.165) is 11.3 Å². The van der Waals surface area contributed by atoms with Gasteiger partial charge in [-0.3, -0.25) is 4.79 Å². The quantitative estimate of drug-likeness (QED) is 0.880. The molecule has 0 spiro atoms. The third-order valence-corrected chi connectivity index (χ3v) is 3.53. The molecule has 1 N–H and O–H groups in total. The number of hydrogen-bond donors (Lipinski definition) is 1. The highest BCUT2D eigenvalue weighted by atomic mass is 16.5. The van der Waals surface area contributed by atoms with Crippen LogP contribution in [0, 0.1) is 6.92 Å². The van der Waals surface area contributed by atoms with Crippen LogP contribution in [0.5, 0.6) is 5.75 Å². The first kappa shape index (κ1) is 16.1. The molecule has 0 unspecified atom stereocenters. The fourth-order valence-corrected chi connectivity index (χ4v) is 2.06. The van der Waals surface area contributed by atoms with Gasteiger partial charge in [0.25, 0.3) is 5.91 Å². The van der Waals surface area contributed by atoms with E-state index < -0.39 is 0 Å². The second-order valence-corrected chi connectivity index (χ2v) is 5.77. The molecular formula is C19H23NO2. The third kappa shape index (κ3) is 4.92. The van der Waals surface area contributed by atoms with E-state index in [1.54, 1.807) is 0 Å². The Labute approximate surface area is 132 Å². The van der Waals surface area contributed by atoms with Crippen LogP contribution < -0.4 is 10.1 Å². The summed E-state index contributed by atoms with van der Waals surface area (Å²) in [6.45, 7) is 6.89. The van der Waals surface area contributed by atoms with Gasteiger partial charge in [0.2, 0.25) is 0 Å². The smallest absolute Gasteiger partial charge is 0.258 e. The number of nitrogens with one attached hydrogen (secondary N) is 1. The summed E-state index contributed by atoms with van der Waals surface area (Å²) in [5.41, 5.74) is 3.56. The summed E-state index contributed by atoms with van der Waals surface area (Å²) in [7, 11) is 0. The monoisotopic (exact) mass is 297 g/mol. The minimum Gasteiger partial charge on any atom is -0.484 e. The number of rotatable bonds is 6. The Hall–Kier alpha value is -2.29. The highest BCUT2D eigenvalue weighted by Crippen LogP contribution is 2.18. The van der Waals surface area contributed by atoms with Gasteiger partial charge in [-0.1, -0.05) is 55.8 Å². The normalized spacial score (nSPS) is 10.5. The van der Waals surface area contributed by atoms with E-state index in [4.69, 9.17) is 4.74 Å². The Bertz CT molecular complexity index is 600. The zero-order valence-electron chi connectivity index (χ0n) is 13.4. The minimum absolute atomic E-state index is 0.0346. The van der Waals surface area contributed by atoms with Crippen molar-refractivity contribution >= 4 is 5.91 Å². The summed E-state index contributed by atoms with van der Waals surface area (Å²) >= 11 is 0. The van der Waals surface area contributed by atoms with E-state index in [9.17, 15) is 4.79 Å². The summed E-state index contributed by atoms with van der Waals surface area (Å²) in [5, 5.41) is 2.85. The van der Waals surface area contributed by atoms with Crippen LogP contribution >= 0.6 is 0 Å². The molecule has 0 saturated heterocycles. The Balaban J connectivity index is 1.76. The van der Waals surface area contributed by atoms with Gasteiger partial charge < -0.3 is 10.1 Å². The molecule has 3 nitrogen and oxygen atoms in total. The fourth-order valence-electron chi connectivity index (χ4n) is 2.06. The molecule has 22 heavy (non-hydrogen) atoms. The van der Waals surface area contributed by atoms with Crippen molar-refractivity contribution in [1.82, 2.24) is 5.32 Å². The van der Waals surface area contributed by atoms with Crippen LogP contribution in [0.2, 0.25) is 0 Å². The molecule has 0 heterocycles. The molecule has 1 amide bonds. The topological polar surface area (TPSA) is 38.3 Å². The SMILES string of the molecule is Cc1ccc(CNC(=O)COc2ccc(C(C)C)cc2)cc1. The molecule has 0 aliphatic carbocycles. The van der Waals surface area contributed by atoms with Crippen molar-refractivity contribution in [3.05, 3.63) is 65.2 Å². The average molecular weight is 297 g/mol. The van der Waals surface area contributed by atoms with Crippen molar-refractivity contribution in [1.29, 1.82) is 0 Å². The highest BCUT2D eigenvalue weighted by molar-refractivity contribution is 5.77. The number of benzene rings is 2. The van der Waals surface area contributed by atoms with Crippen LogP contribution in [0.4, 0.5) is 0 Å². The first-order valence-electron chi connectivity index (χ1n) is 7.59. The van der Waals surface area contributed by atoms with Crippen molar-refractivity contribution in [2.45, 2.75) is 33.2 Å². The van der Waals surface area contributed by atoms with Crippen molar-refractivity contribution in [3.63, 3.8) is 0 Å². The summed E-state index contributed by atoms with van der Waals surface area (Å²) in [6.07, 6.45) is 0. The summed E-state index contributed by atoms with van der Waals surface area (Å²) in [4.78, 5) is 11.8. The predicted octanol–water partition coefficient (Wildman–Crippen LogP) is 3.81. The van der Waals surface area contributed by atoms with Gasteiger partial charge in [0.15, 0.2) is 6.61 Å². The Morgan fingerprint density at radius 2 is 1.68 bits per heavy atom. The maximum Gasteiger partial charge on any atom is 0.258 e. The van der Waals surface area contributed by atoms with Gasteiger partial charge in [0.1, 0.15) is 5.75 Å². The number of hydrogen-bond acceptors (Lipinski definition) is 2. The maximum atomic E-state index is 11.8. The molecule has 0 radical (unpaired) electrons. The Morgan fingerprint density at radius 1 is 1.05 bits per heavy atom. The van der Waals surface area contributed by atoms with Crippen LogP contribution in [0.15, 0.2) is 48.5 Å². The van der Waals surface area contributed by atoms with E-state index >= 15 is 0 Å². The first-order valence-corrected chi connectivity index (χ1v) is 7.59. The van der Waals surface area contributed by atoms with Crippen LogP contribution in [0.25, 0.3) is 0 Å². The lowest BCUT2D eigenvalue weighted by molar-refractivity contribution is -0.123. The number of carbonyl (C=O) groups excluding carboxylic acids is 1. The molecule has 0 bridgehead atoms. The lowest BCUT2D eigenvalue weighted by atomic mass is 10.0. The molecule has 0 saturated carbocycles. The molecule has 0 aliphatic rings. The van der Waals surface area contributed by atoms with E-state index in [2.05, 4.69) is 19.2 Å². The van der Waals surface area contributed by atoms with Gasteiger partial charge in [0, 0.05) is 6.54 Å². The summed E-state index contributed by atoms with van der Waals surface area (Å²) in [6, 6.07) is 16.0. The molecule has 116 valence electrons. The molecular weight excluding hydrogens is 274 g/mol. The van der Waals surface area contributed by atoms with Gasteiger partial charge in [-0.15, -0.1) is 0 Å². The lowest BCUT2D eigenvalue weighted by Crippen LogP contribution is -2.28. The van der Waals surface area contributed by atoms with Crippen LogP contribution in [0.3, 0.4) is 0 Å². The molecule has 0 aromatic heterocycles. The molecule has 3 heteroatoms. The van der Waals surface area contributed by atoms with Gasteiger partial charge in [-0.05, 0) is 36.1 Å². The second kappa shape index (κ2) is 7.64. The summed E-state index contributed by atoms with van der Waals surface area (Å²) in [5.74, 6) is 1.09. The maximum absolute atomic E-state index is 11.8. The van der Waals surface area contributed by atoms with Gasteiger partial charge >= 0.3 is 0 Å². The first-order chi connectivity index (χ1) is 10.5. The van der Waals surface area contributed by atoms with Gasteiger partial charge in [0.05, 0.1) is 0 Å². The van der Waals surface area contributed by atoms with Crippen LogP contribution in [0.1, 0.15) is 36.5 Å². The van der Waals surface area contributed by atoms with Crippen molar-refractivity contribution in [3.8, 4) is 5.75 Å². The van der Waals surface area contributed by atoms with Crippen molar-refractivity contribution in [2.75, 3.05) is 6.61 Å². The molecule has 2 aromatic rings. The van der Waals surface area contributed by atoms with Gasteiger partial charge in [-0.2, -0.15) is 0 Å². The Kier molecular flexibility index (Phi) is 5.59. The zero-order chi connectivity index (χ0) is 15.9. The predicted molar refractivity (Wildman–Crippen MR) is 89.1 cm³/mol. The largest absolute Gasteiger partial charge is 0.484 e. The summed E-state index contributed by atoms with van der Waals surface area (Å²) < 4.78 is 5.50. The van der Waals surface area contributed by atoms with Gasteiger partial charge in [-0.25, -0.2) is 0 Å². The van der Waals surface area contributed by atoms with Crippen LogP contribution in [-0.2, 0) is 11.3 Å². The molecule has 0 atom stereocenters. The van der Waals surface area contributed by atoms with Crippen LogP contribution in [-0.4, -0.2) is 12.5 Å². The van der Waals surface area contributed by atoms with E-state index in [1.807, 2.05) is 55.5 Å². The van der Waals surface area contributed by atoms with E-state index in [0.29, 0.717) is 12.5 Å². The standard InChI is InChI=1S/C19H23NO2/c1-14(2)17-8-10-18(11-9-17)22-13-19(21)20-12-16-6-4-15(3)5-7-16/h4-11,14H,12-13H2,1-3H3,(H,20,21). The molecule has 2 aromatic carbocycles. The number of ether oxygens (including phenoxy) is 1. The fraction of sp³-hybridized carbons (Fsp3) is 0.316. The third-order valence-electron chi connectivity index (χ3n) is 3.53. The van der Waals surface area contributed by atoms with E-state index in [1.165, 1.54) is 11.1 Å². The van der Waals surface area contributed by atoms with Crippen molar-refractivity contribution < 1.29 is 9.53 Å². The second-order valence-electron chi connectivity index (χ2n) is 5.77. The molecule has 0 fully saturated rings. The number of aryl methyl sites for hydroxylation is 1. The molecule has 2 rings (SSSR count). The number of amides is 1.